The van der Waals surface area contributed by atoms with Crippen LogP contribution in [0.1, 0.15) is 16.9 Å². The summed E-state index contributed by atoms with van der Waals surface area (Å²) in [5.41, 5.74) is 1.09. The van der Waals surface area contributed by atoms with E-state index in [9.17, 15) is 9.59 Å². The molecule has 0 atom stereocenters. The van der Waals surface area contributed by atoms with Crippen molar-refractivity contribution >= 4 is 28.5 Å². The zero-order valence-electron chi connectivity index (χ0n) is 10.1. The Bertz CT molecular complexity index is 684. The van der Waals surface area contributed by atoms with E-state index in [1.807, 2.05) is 0 Å². The van der Waals surface area contributed by atoms with Gasteiger partial charge in [0.15, 0.2) is 5.69 Å². The number of carbonyl (C=O) groups excluding carboxylic acids is 2. The van der Waals surface area contributed by atoms with E-state index in [0.29, 0.717) is 16.6 Å². The summed E-state index contributed by atoms with van der Waals surface area (Å²) in [7, 11) is 1.27. The third kappa shape index (κ3) is 2.37. The lowest BCUT2D eigenvalue weighted by Gasteiger charge is -2.03. The number of aromatic nitrogens is 2. The molecule has 0 saturated heterocycles. The van der Waals surface area contributed by atoms with Crippen molar-refractivity contribution in [3.63, 3.8) is 0 Å². The SMILES string of the molecule is COC(=O)c1[nH]nc2c(NC(=O)CC#N)cccc12. The number of nitrogens with zero attached hydrogens (tertiary/aromatic N) is 2. The Balaban J connectivity index is 2.42. The van der Waals surface area contributed by atoms with Crippen LogP contribution in [0.5, 0.6) is 0 Å². The molecule has 96 valence electrons. The molecule has 0 aliphatic carbocycles. The van der Waals surface area contributed by atoms with Crippen LogP contribution in [0.3, 0.4) is 0 Å². The number of esters is 1. The average Bonchev–Trinajstić information content (AvgIpc) is 2.83. The van der Waals surface area contributed by atoms with Crippen LogP contribution in [0.25, 0.3) is 10.9 Å². The molecule has 0 fully saturated rings. The minimum absolute atomic E-state index is 0.217. The summed E-state index contributed by atoms with van der Waals surface area (Å²) in [6, 6.07) is 6.75. The van der Waals surface area contributed by atoms with E-state index in [0.717, 1.165) is 0 Å². The van der Waals surface area contributed by atoms with E-state index in [1.54, 1.807) is 24.3 Å². The molecular formula is C12H10N4O3. The fourth-order valence-corrected chi connectivity index (χ4v) is 1.66. The Morgan fingerprint density at radius 1 is 1.53 bits per heavy atom. The van der Waals surface area contributed by atoms with Gasteiger partial charge in [-0.3, -0.25) is 9.89 Å². The van der Waals surface area contributed by atoms with Crippen molar-refractivity contribution in [2.24, 2.45) is 0 Å². The summed E-state index contributed by atoms with van der Waals surface area (Å²) >= 11 is 0. The largest absolute Gasteiger partial charge is 0.464 e. The third-order valence-electron chi connectivity index (χ3n) is 2.49. The first kappa shape index (κ1) is 12.6. The fourth-order valence-electron chi connectivity index (χ4n) is 1.66. The molecule has 0 spiro atoms. The molecule has 1 heterocycles. The van der Waals surface area contributed by atoms with Crippen LogP contribution in [0, 0.1) is 11.3 Å². The van der Waals surface area contributed by atoms with Gasteiger partial charge >= 0.3 is 5.97 Å². The Kier molecular flexibility index (Phi) is 3.43. The van der Waals surface area contributed by atoms with Crippen molar-refractivity contribution < 1.29 is 14.3 Å². The summed E-state index contributed by atoms with van der Waals surface area (Å²) in [6.07, 6.45) is -0.245. The van der Waals surface area contributed by atoms with Crippen LogP contribution in [0.2, 0.25) is 0 Å². The van der Waals surface area contributed by atoms with E-state index >= 15 is 0 Å². The van der Waals surface area contributed by atoms with Crippen molar-refractivity contribution in [3.05, 3.63) is 23.9 Å². The number of fused-ring (bicyclic) bond motifs is 1. The van der Waals surface area contributed by atoms with Gasteiger partial charge in [-0.2, -0.15) is 10.4 Å². The van der Waals surface area contributed by atoms with Crippen LogP contribution in [-0.4, -0.2) is 29.2 Å². The summed E-state index contributed by atoms with van der Waals surface area (Å²) in [4.78, 5) is 22.9. The predicted molar refractivity (Wildman–Crippen MR) is 66.3 cm³/mol. The minimum atomic E-state index is -0.539. The Hall–Kier alpha value is -2.88. The number of H-pyrrole nitrogens is 1. The highest BCUT2D eigenvalue weighted by Gasteiger charge is 2.16. The van der Waals surface area contributed by atoms with Gasteiger partial charge in [-0.25, -0.2) is 4.79 Å². The molecule has 1 amide bonds. The van der Waals surface area contributed by atoms with Crippen molar-refractivity contribution in [2.75, 3.05) is 12.4 Å². The van der Waals surface area contributed by atoms with Crippen molar-refractivity contribution in [2.45, 2.75) is 6.42 Å². The molecule has 7 nitrogen and oxygen atoms in total. The number of hydrogen-bond donors (Lipinski definition) is 2. The molecule has 0 aliphatic heterocycles. The number of methoxy groups -OCH3 is 1. The molecular weight excluding hydrogens is 248 g/mol. The molecule has 2 aromatic rings. The number of nitrogens with one attached hydrogen (secondary N) is 2. The van der Waals surface area contributed by atoms with Crippen molar-refractivity contribution in [1.29, 1.82) is 5.26 Å². The molecule has 7 heteroatoms. The maximum Gasteiger partial charge on any atom is 0.356 e. The second-order valence-electron chi connectivity index (χ2n) is 3.67. The number of amides is 1. The molecule has 0 saturated carbocycles. The van der Waals surface area contributed by atoms with Gasteiger partial charge in [0.2, 0.25) is 5.91 Å². The summed E-state index contributed by atoms with van der Waals surface area (Å²) in [6.45, 7) is 0. The predicted octanol–water partition coefficient (Wildman–Crippen LogP) is 1.20. The first-order valence-electron chi connectivity index (χ1n) is 5.39. The van der Waals surface area contributed by atoms with Crippen molar-refractivity contribution in [1.82, 2.24) is 10.2 Å². The maximum absolute atomic E-state index is 11.5. The maximum atomic E-state index is 11.5. The standard InChI is InChI=1S/C12H10N4O3/c1-19-12(18)11-7-3-2-4-8(10(7)15-16-11)14-9(17)5-6-13/h2-4H,5H2,1H3,(H,14,17)(H,15,16). The van der Waals surface area contributed by atoms with Gasteiger partial charge in [-0.15, -0.1) is 0 Å². The van der Waals surface area contributed by atoms with Gasteiger partial charge < -0.3 is 10.1 Å². The number of para-hydroxylation sites is 1. The molecule has 2 rings (SSSR count). The highest BCUT2D eigenvalue weighted by atomic mass is 16.5. The number of ether oxygens (including phenoxy) is 1. The van der Waals surface area contributed by atoms with Gasteiger partial charge in [-0.1, -0.05) is 12.1 Å². The normalized spacial score (nSPS) is 9.89. The number of aromatic amines is 1. The lowest BCUT2D eigenvalue weighted by atomic mass is 10.2. The topological polar surface area (TPSA) is 108 Å². The van der Waals surface area contributed by atoms with E-state index in [2.05, 4.69) is 20.3 Å². The van der Waals surface area contributed by atoms with Gasteiger partial charge in [-0.05, 0) is 6.07 Å². The molecule has 0 aliphatic rings. The first-order chi connectivity index (χ1) is 9.17. The summed E-state index contributed by atoms with van der Waals surface area (Å²) in [5.74, 6) is -0.972. The second-order valence-corrected chi connectivity index (χ2v) is 3.67. The summed E-state index contributed by atoms with van der Waals surface area (Å²) < 4.78 is 4.62. The first-order valence-corrected chi connectivity index (χ1v) is 5.39. The van der Waals surface area contributed by atoms with Crippen LogP contribution in [-0.2, 0) is 9.53 Å². The lowest BCUT2D eigenvalue weighted by molar-refractivity contribution is -0.115. The van der Waals surface area contributed by atoms with Gasteiger partial charge in [0.25, 0.3) is 0 Å². The molecule has 19 heavy (non-hydrogen) atoms. The number of nitriles is 1. The second kappa shape index (κ2) is 5.18. The smallest absolute Gasteiger partial charge is 0.356 e. The van der Waals surface area contributed by atoms with Gasteiger partial charge in [0.1, 0.15) is 11.9 Å². The number of anilines is 1. The Morgan fingerprint density at radius 3 is 3.00 bits per heavy atom. The summed E-state index contributed by atoms with van der Waals surface area (Å²) in [5, 5.41) is 18.1. The number of rotatable bonds is 3. The van der Waals surface area contributed by atoms with Crippen LogP contribution in [0.4, 0.5) is 5.69 Å². The zero-order valence-corrected chi connectivity index (χ0v) is 10.1. The number of carbonyl (C=O) groups is 2. The van der Waals surface area contributed by atoms with Gasteiger partial charge in [0, 0.05) is 5.39 Å². The molecule has 0 radical (unpaired) electrons. The molecule has 2 N–H and O–H groups in total. The highest BCUT2D eigenvalue weighted by molar-refractivity contribution is 6.07. The fraction of sp³-hybridized carbons (Fsp3) is 0.167. The van der Waals surface area contributed by atoms with E-state index < -0.39 is 11.9 Å². The Morgan fingerprint density at radius 2 is 2.32 bits per heavy atom. The van der Waals surface area contributed by atoms with E-state index in [1.165, 1.54) is 7.11 Å². The molecule has 1 aromatic heterocycles. The lowest BCUT2D eigenvalue weighted by Crippen LogP contribution is -2.10. The monoisotopic (exact) mass is 258 g/mol. The number of benzene rings is 1. The Labute approximate surface area is 108 Å². The van der Waals surface area contributed by atoms with E-state index in [4.69, 9.17) is 5.26 Å². The molecule has 1 aromatic carbocycles. The van der Waals surface area contributed by atoms with Gasteiger partial charge in [0.05, 0.1) is 18.9 Å². The molecule has 0 bridgehead atoms. The zero-order chi connectivity index (χ0) is 13.8. The van der Waals surface area contributed by atoms with Crippen molar-refractivity contribution in [3.8, 4) is 6.07 Å². The van der Waals surface area contributed by atoms with Crippen LogP contribution >= 0.6 is 0 Å². The van der Waals surface area contributed by atoms with Crippen LogP contribution < -0.4 is 5.32 Å². The molecule has 0 unspecified atom stereocenters. The third-order valence-corrected chi connectivity index (χ3v) is 2.49. The van der Waals surface area contributed by atoms with E-state index in [-0.39, 0.29) is 12.1 Å². The van der Waals surface area contributed by atoms with Crippen LogP contribution in [0.15, 0.2) is 18.2 Å². The highest BCUT2D eigenvalue weighted by Crippen LogP contribution is 2.24. The average molecular weight is 258 g/mol. The quantitative estimate of drug-likeness (QED) is 0.804. The number of hydrogen-bond acceptors (Lipinski definition) is 5. The minimum Gasteiger partial charge on any atom is -0.464 e.